The monoisotopic (exact) mass is 297 g/mol. The second-order valence-electron chi connectivity index (χ2n) is 4.59. The highest BCUT2D eigenvalue weighted by Crippen LogP contribution is 2.34. The Kier molecular flexibility index (Phi) is 2.97. The van der Waals surface area contributed by atoms with Gasteiger partial charge in [0.05, 0.1) is 16.8 Å². The maximum absolute atomic E-state index is 14.2. The molecule has 0 radical (unpaired) electrons. The third kappa shape index (κ3) is 2.37. The minimum Gasteiger partial charge on any atom is -0.207 e. The lowest BCUT2D eigenvalue weighted by atomic mass is 10.1. The lowest BCUT2D eigenvalue weighted by Gasteiger charge is -2.05. The number of nitrogens with zero attached hydrogens (tertiary/aromatic N) is 1. The van der Waals surface area contributed by atoms with Crippen molar-refractivity contribution < 1.29 is 22.0 Å². The summed E-state index contributed by atoms with van der Waals surface area (Å²) in [5.74, 6) is -0.473. The molecule has 3 rings (SSSR count). The molecule has 0 aliphatic heterocycles. The quantitative estimate of drug-likeness (QED) is 0.544. The number of halogens is 5. The molecule has 0 fully saturated rings. The standard InChI is InChI=1S/C15H8F5N/c16-12-4-1-9(2-5-12)14-8-10-7-11(15(17,18)19)3-6-13(10)21(14)20/h1-8H. The number of hydrogen-bond acceptors (Lipinski definition) is 0. The molecule has 3 aromatic rings. The van der Waals surface area contributed by atoms with Gasteiger partial charge in [-0.25, -0.2) is 4.39 Å². The van der Waals surface area contributed by atoms with E-state index in [1.165, 1.54) is 18.2 Å². The van der Waals surface area contributed by atoms with E-state index in [0.29, 0.717) is 10.4 Å². The topological polar surface area (TPSA) is 4.93 Å². The van der Waals surface area contributed by atoms with Gasteiger partial charge >= 0.3 is 6.18 Å². The summed E-state index contributed by atoms with van der Waals surface area (Å²) in [6.07, 6.45) is -4.48. The van der Waals surface area contributed by atoms with Crippen LogP contribution in [0, 0.1) is 5.82 Å². The minimum absolute atomic E-state index is 0.0299. The van der Waals surface area contributed by atoms with Crippen LogP contribution in [0.1, 0.15) is 5.56 Å². The van der Waals surface area contributed by atoms with Crippen LogP contribution >= 0.6 is 0 Å². The molecule has 1 heterocycles. The van der Waals surface area contributed by atoms with Gasteiger partial charge in [0.25, 0.3) is 0 Å². The molecular formula is C15H8F5N. The van der Waals surface area contributed by atoms with Crippen LogP contribution in [-0.2, 0) is 6.18 Å². The van der Waals surface area contributed by atoms with Gasteiger partial charge in [-0.05, 0) is 48.5 Å². The summed E-state index contributed by atoms with van der Waals surface area (Å²) in [4.78, 5) is 0.294. The van der Waals surface area contributed by atoms with Crippen molar-refractivity contribution in [2.24, 2.45) is 0 Å². The fourth-order valence-corrected chi connectivity index (χ4v) is 2.18. The van der Waals surface area contributed by atoms with Crippen LogP contribution in [0.3, 0.4) is 0 Å². The molecule has 0 aliphatic rings. The van der Waals surface area contributed by atoms with E-state index in [9.17, 15) is 22.0 Å². The molecule has 0 atom stereocenters. The number of benzene rings is 2. The molecule has 21 heavy (non-hydrogen) atoms. The fourth-order valence-electron chi connectivity index (χ4n) is 2.18. The third-order valence-electron chi connectivity index (χ3n) is 3.21. The Labute approximate surface area is 116 Å². The highest BCUT2D eigenvalue weighted by atomic mass is 19.4. The number of fused-ring (bicyclic) bond motifs is 1. The maximum atomic E-state index is 14.2. The van der Waals surface area contributed by atoms with Crippen molar-refractivity contribution in [1.29, 1.82) is 0 Å². The fraction of sp³-hybridized carbons (Fsp3) is 0.0667. The summed E-state index contributed by atoms with van der Waals surface area (Å²) in [6, 6.07) is 9.14. The smallest absolute Gasteiger partial charge is 0.207 e. The van der Waals surface area contributed by atoms with Crippen LogP contribution in [0.2, 0.25) is 0 Å². The largest absolute Gasteiger partial charge is 0.416 e. The van der Waals surface area contributed by atoms with Crippen LogP contribution in [0.15, 0.2) is 48.5 Å². The van der Waals surface area contributed by atoms with E-state index in [2.05, 4.69) is 0 Å². The zero-order valence-corrected chi connectivity index (χ0v) is 10.5. The van der Waals surface area contributed by atoms with E-state index < -0.39 is 17.6 Å². The van der Waals surface area contributed by atoms with Gasteiger partial charge in [-0.2, -0.15) is 18.0 Å². The van der Waals surface area contributed by atoms with Crippen molar-refractivity contribution in [3.05, 3.63) is 59.9 Å². The molecule has 0 saturated carbocycles. The molecule has 0 saturated heterocycles. The molecule has 1 nitrogen and oxygen atoms in total. The number of alkyl halides is 3. The van der Waals surface area contributed by atoms with Crippen molar-refractivity contribution in [2.45, 2.75) is 6.18 Å². The van der Waals surface area contributed by atoms with Crippen molar-refractivity contribution in [2.75, 3.05) is 0 Å². The first-order valence-electron chi connectivity index (χ1n) is 6.01. The Hall–Kier alpha value is -2.37. The van der Waals surface area contributed by atoms with Gasteiger partial charge in [0.1, 0.15) is 5.82 Å². The maximum Gasteiger partial charge on any atom is 0.416 e. The van der Waals surface area contributed by atoms with Gasteiger partial charge in [-0.1, -0.05) is 4.48 Å². The van der Waals surface area contributed by atoms with E-state index in [4.69, 9.17) is 0 Å². The summed E-state index contributed by atoms with van der Waals surface area (Å²) >= 11 is 0. The number of rotatable bonds is 1. The molecule has 2 aromatic carbocycles. The molecule has 0 spiro atoms. The average molecular weight is 297 g/mol. The minimum atomic E-state index is -4.48. The van der Waals surface area contributed by atoms with E-state index in [1.54, 1.807) is 0 Å². The third-order valence-corrected chi connectivity index (χ3v) is 3.21. The Balaban J connectivity index is 2.17. The predicted octanol–water partition coefficient (Wildman–Crippen LogP) is 5.20. The molecule has 0 aliphatic carbocycles. The average Bonchev–Trinajstić information content (AvgIpc) is 2.76. The van der Waals surface area contributed by atoms with Gasteiger partial charge in [0, 0.05) is 10.9 Å². The second-order valence-corrected chi connectivity index (χ2v) is 4.59. The molecule has 108 valence electrons. The second kappa shape index (κ2) is 4.58. The van der Waals surface area contributed by atoms with Crippen LogP contribution in [0.25, 0.3) is 22.2 Å². The molecule has 0 bridgehead atoms. The van der Waals surface area contributed by atoms with Crippen molar-refractivity contribution in [1.82, 2.24) is 4.79 Å². The summed E-state index contributed by atoms with van der Waals surface area (Å²) in [6.45, 7) is 0. The van der Waals surface area contributed by atoms with Crippen molar-refractivity contribution >= 4 is 10.9 Å². The zero-order chi connectivity index (χ0) is 15.2. The van der Waals surface area contributed by atoms with Crippen LogP contribution in [0.4, 0.5) is 22.0 Å². The van der Waals surface area contributed by atoms with E-state index in [0.717, 1.165) is 30.3 Å². The normalized spacial score (nSPS) is 12.0. The number of aromatic nitrogens is 1. The Morgan fingerprint density at radius 1 is 0.857 bits per heavy atom. The van der Waals surface area contributed by atoms with Gasteiger partial charge in [-0.15, -0.1) is 0 Å². The van der Waals surface area contributed by atoms with Crippen LogP contribution in [0.5, 0.6) is 0 Å². The zero-order valence-electron chi connectivity index (χ0n) is 10.5. The molecule has 0 N–H and O–H groups in total. The summed E-state index contributed by atoms with van der Waals surface area (Å²) in [7, 11) is 0. The highest BCUT2D eigenvalue weighted by molar-refractivity contribution is 5.87. The van der Waals surface area contributed by atoms with E-state index >= 15 is 0 Å². The van der Waals surface area contributed by atoms with E-state index in [-0.39, 0.29) is 16.6 Å². The summed E-state index contributed by atoms with van der Waals surface area (Å²) in [5, 5.41) is 0.131. The van der Waals surface area contributed by atoms with Gasteiger partial charge in [-0.3, -0.25) is 0 Å². The van der Waals surface area contributed by atoms with Crippen LogP contribution < -0.4 is 0 Å². The summed E-state index contributed by atoms with van der Waals surface area (Å²) < 4.78 is 65.0. The van der Waals surface area contributed by atoms with Gasteiger partial charge in [0.2, 0.25) is 0 Å². The predicted molar refractivity (Wildman–Crippen MR) is 68.8 cm³/mol. The van der Waals surface area contributed by atoms with Crippen LogP contribution in [-0.4, -0.2) is 4.79 Å². The first-order valence-corrected chi connectivity index (χ1v) is 6.01. The Morgan fingerprint density at radius 3 is 2.14 bits per heavy atom. The van der Waals surface area contributed by atoms with Crippen molar-refractivity contribution in [3.63, 3.8) is 0 Å². The molecule has 1 aromatic heterocycles. The first-order chi connectivity index (χ1) is 9.86. The molecular weight excluding hydrogens is 289 g/mol. The van der Waals surface area contributed by atoms with Gasteiger partial charge in [0.15, 0.2) is 0 Å². The molecule has 6 heteroatoms. The lowest BCUT2D eigenvalue weighted by molar-refractivity contribution is -0.137. The highest BCUT2D eigenvalue weighted by Gasteiger charge is 2.30. The Morgan fingerprint density at radius 2 is 1.52 bits per heavy atom. The Bertz CT molecular complexity index is 799. The van der Waals surface area contributed by atoms with Crippen molar-refractivity contribution in [3.8, 4) is 11.3 Å². The summed E-state index contributed by atoms with van der Waals surface area (Å²) in [5.41, 5.74) is -0.360. The number of hydrogen-bond donors (Lipinski definition) is 0. The molecule has 0 unspecified atom stereocenters. The van der Waals surface area contributed by atoms with E-state index in [1.807, 2.05) is 0 Å². The SMILES string of the molecule is Fc1ccc(-c2cc3cc(C(F)(F)F)ccc3n2F)cc1. The molecule has 0 amide bonds. The lowest BCUT2D eigenvalue weighted by Crippen LogP contribution is -2.04. The first kappa shape index (κ1) is 13.6. The van der Waals surface area contributed by atoms with Gasteiger partial charge < -0.3 is 0 Å².